The molecule has 0 aromatic heterocycles. The zero-order valence-electron chi connectivity index (χ0n) is 39.8. The monoisotopic (exact) mass is 1130 g/mol. The highest BCUT2D eigenvalue weighted by Gasteiger charge is 2.59. The van der Waals surface area contributed by atoms with E-state index in [1.165, 1.54) is 0 Å². The Morgan fingerprint density at radius 2 is 0.416 bits per heavy atom. The molecule has 0 aromatic rings. The number of aliphatic hydroxyl groups excluding tert-OH is 17. The number of Topliss-reactive ketones (excluding diaryl/α,β-unsaturated/α-hetero) is 4. The molecule has 14 bridgehead atoms. The van der Waals surface area contributed by atoms with Crippen LogP contribution in [0, 0.1) is 0 Å². The molecule has 77 heavy (non-hydrogen) atoms. The quantitative estimate of drug-likeness (QED) is 0.113. The van der Waals surface area contributed by atoms with Gasteiger partial charge in [0.25, 0.3) is 0 Å². The lowest BCUT2D eigenvalue weighted by Gasteiger charge is -2.48. The minimum atomic E-state index is -2.41. The summed E-state index contributed by atoms with van der Waals surface area (Å²) in [6.07, 6.45) is -65.4. The van der Waals surface area contributed by atoms with Gasteiger partial charge in [0.05, 0.1) is 46.2 Å². The van der Waals surface area contributed by atoms with Crippen LogP contribution in [0.4, 0.5) is 0 Å². The van der Waals surface area contributed by atoms with Gasteiger partial charge < -0.3 is 153 Å². The standard InChI is InChI=1S/C42H62O35/c43-1-8-29-15(50)22(57)36(64-8)72-30-9(2-44)66-38(24(59)17(30)52)74-32-11(4-46)68-40(26(61)19(32)54)76-34-13(6-48)70-42(28(63)21(34)56)77-35-14(7-49)69-41(27(62)20(35)55)75-33-12(5-47)67-39(25(60)18(33)53)73-31-10(3-45)65-37(71-29)23(58)16(31)51/h8-22,25-26,29-57,60-61H,1-7H2/t8-,9-,10-,11-,12-,13-,14-,15-,16-,17-,18-,19-,20-,21-,22-,25-,26-,29-,30-,31-,32-,33-,34-,35-,36-,37-,38-,39-,40-,41-,42-/m1/s1. The van der Waals surface area contributed by atoms with E-state index in [4.69, 9.17) is 66.3 Å². The van der Waals surface area contributed by atoms with Crippen molar-refractivity contribution in [3.05, 3.63) is 0 Å². The number of hydrogen-bond donors (Lipinski definition) is 17. The summed E-state index contributed by atoms with van der Waals surface area (Å²) in [5.74, 6) is -5.71. The van der Waals surface area contributed by atoms with E-state index in [-0.39, 0.29) is 0 Å². The summed E-state index contributed by atoms with van der Waals surface area (Å²) in [5.41, 5.74) is 0. The van der Waals surface area contributed by atoms with Crippen molar-refractivity contribution < 1.29 is 172 Å². The first-order valence-electron chi connectivity index (χ1n) is 24.0. The van der Waals surface area contributed by atoms with Crippen LogP contribution in [0.25, 0.3) is 0 Å². The summed E-state index contributed by atoms with van der Waals surface area (Å²) >= 11 is 0. The maximum absolute atomic E-state index is 13.6. The molecule has 15 aliphatic rings. The molecule has 0 aliphatic carbocycles. The molecule has 15 aliphatic heterocycles. The molecule has 15 saturated heterocycles. The van der Waals surface area contributed by atoms with E-state index >= 15 is 0 Å². The Morgan fingerprint density at radius 1 is 0.234 bits per heavy atom. The Balaban J connectivity index is 1.08. The van der Waals surface area contributed by atoms with Crippen molar-refractivity contribution in [1.29, 1.82) is 0 Å². The van der Waals surface area contributed by atoms with Crippen molar-refractivity contribution in [3.8, 4) is 0 Å². The Kier molecular flexibility index (Phi) is 19.9. The SMILES string of the molecule is O=C1[C@H]2O[C@H]3[C@H](O)[C@@H](O)[C@@H](O[C@H]4[C@H](O)C(=O)[C@@H](O[C@H]5[C@H](O)[C@@H](O)[C@@H](O[C@H]6[C@H](O)C(=O)[C@@H](O[C@H]7[C@H](O)[C@@H](O)[C@@H](O[C@H]8[C@H](O)C(=O)[C@@H](O[C@@H]([C@@H]1O)[C@@H](CO)O2)O[C@@H]8CO)O[C@@H]7CO)O[C@@H]6CO)O[C@@H]5CO)O[C@@H]4CO)O[C@@H]3CO. The Hall–Kier alpha value is -2.56. The van der Waals surface area contributed by atoms with Gasteiger partial charge in [-0.2, -0.15) is 0 Å². The number of rotatable bonds is 7. The number of aliphatic hydroxyl groups is 17. The number of hydrogen-bond acceptors (Lipinski definition) is 35. The highest BCUT2D eigenvalue weighted by Crippen LogP contribution is 2.37. The third-order valence-electron chi connectivity index (χ3n) is 14.2. The van der Waals surface area contributed by atoms with E-state index < -0.39 is 260 Å². The van der Waals surface area contributed by atoms with Crippen molar-refractivity contribution >= 4 is 23.1 Å². The summed E-state index contributed by atoms with van der Waals surface area (Å²) < 4.78 is 77.9. The van der Waals surface area contributed by atoms with Crippen LogP contribution in [-0.2, 0) is 85.5 Å². The van der Waals surface area contributed by atoms with E-state index in [0.717, 1.165) is 0 Å². The Bertz CT molecular complexity index is 2010. The number of ketones is 4. The molecule has 0 amide bonds. The summed E-state index contributed by atoms with van der Waals surface area (Å²) in [6.45, 7) is -7.78. The maximum Gasteiger partial charge on any atom is 0.221 e. The average Bonchev–Trinajstić information content (AvgIpc) is 3.42. The van der Waals surface area contributed by atoms with Gasteiger partial charge in [-0.25, -0.2) is 0 Å². The van der Waals surface area contributed by atoms with Crippen LogP contribution in [0.2, 0.25) is 0 Å². The Labute approximate surface area is 431 Å². The second-order valence-electron chi connectivity index (χ2n) is 19.0. The average molecular weight is 1130 g/mol. The van der Waals surface area contributed by atoms with E-state index in [1.807, 2.05) is 0 Å². The normalized spacial score (nSPS) is 51.6. The lowest BCUT2D eigenvalue weighted by molar-refractivity contribution is -0.367. The summed E-state index contributed by atoms with van der Waals surface area (Å²) in [5, 5.41) is 184. The van der Waals surface area contributed by atoms with Gasteiger partial charge in [0.1, 0.15) is 146 Å². The van der Waals surface area contributed by atoms with Gasteiger partial charge in [-0.3, -0.25) is 19.2 Å². The van der Waals surface area contributed by atoms with Gasteiger partial charge in [0.2, 0.25) is 48.3 Å². The van der Waals surface area contributed by atoms with Crippen molar-refractivity contribution in [2.24, 2.45) is 0 Å². The number of carbonyl (C=O) groups is 4. The number of ether oxygens (including phenoxy) is 14. The van der Waals surface area contributed by atoms with Crippen molar-refractivity contribution in [1.82, 2.24) is 0 Å². The first kappa shape index (κ1) is 60.5. The highest BCUT2D eigenvalue weighted by atomic mass is 16.8. The lowest BCUT2D eigenvalue weighted by Crippen LogP contribution is -2.67. The minimum absolute atomic E-state index is 1.10. The molecule has 440 valence electrons. The van der Waals surface area contributed by atoms with Crippen LogP contribution in [0.5, 0.6) is 0 Å². The topological polar surface area (TPSA) is 541 Å². The fourth-order valence-corrected chi connectivity index (χ4v) is 9.90. The van der Waals surface area contributed by atoms with Gasteiger partial charge >= 0.3 is 0 Å². The van der Waals surface area contributed by atoms with Crippen LogP contribution in [0.3, 0.4) is 0 Å². The minimum Gasteiger partial charge on any atom is -0.394 e. The van der Waals surface area contributed by atoms with E-state index in [0.29, 0.717) is 0 Å². The van der Waals surface area contributed by atoms with Crippen LogP contribution >= 0.6 is 0 Å². The van der Waals surface area contributed by atoms with Gasteiger partial charge in [-0.1, -0.05) is 0 Å². The predicted octanol–water partition coefficient (Wildman–Crippen LogP) is -14.4. The Morgan fingerprint density at radius 3 is 0.623 bits per heavy atom. The summed E-state index contributed by atoms with van der Waals surface area (Å²) in [4.78, 5) is 54.4. The van der Waals surface area contributed by atoms with Crippen molar-refractivity contribution in [2.45, 2.75) is 191 Å². The summed E-state index contributed by atoms with van der Waals surface area (Å²) in [7, 11) is 0. The molecule has 0 saturated carbocycles. The molecule has 15 rings (SSSR count). The van der Waals surface area contributed by atoms with Gasteiger partial charge in [-0.15, -0.1) is 0 Å². The lowest BCUT2D eigenvalue weighted by atomic mass is 9.96. The first-order chi connectivity index (χ1) is 36.7. The fraction of sp³-hybridized carbons (Fsp3) is 0.905. The van der Waals surface area contributed by atoms with E-state index in [1.54, 1.807) is 0 Å². The van der Waals surface area contributed by atoms with Crippen molar-refractivity contribution in [2.75, 3.05) is 46.2 Å². The fourth-order valence-electron chi connectivity index (χ4n) is 9.90. The molecular formula is C42H62O35. The summed E-state index contributed by atoms with van der Waals surface area (Å²) in [6, 6.07) is 0. The van der Waals surface area contributed by atoms with Gasteiger partial charge in [0, 0.05) is 0 Å². The second-order valence-corrected chi connectivity index (χ2v) is 19.0. The molecule has 17 N–H and O–H groups in total. The van der Waals surface area contributed by atoms with E-state index in [9.17, 15) is 106 Å². The predicted molar refractivity (Wildman–Crippen MR) is 224 cm³/mol. The molecule has 31 atom stereocenters. The van der Waals surface area contributed by atoms with Crippen LogP contribution in [0.15, 0.2) is 0 Å². The van der Waals surface area contributed by atoms with Gasteiger partial charge in [0.15, 0.2) is 18.9 Å². The van der Waals surface area contributed by atoms with Crippen LogP contribution < -0.4 is 0 Å². The number of fused-ring (bicyclic) bond motifs is 7. The molecule has 15 fully saturated rings. The van der Waals surface area contributed by atoms with E-state index in [2.05, 4.69) is 0 Å². The first-order valence-corrected chi connectivity index (χ1v) is 24.0. The molecule has 0 spiro atoms. The molecule has 15 heterocycles. The van der Waals surface area contributed by atoms with Crippen molar-refractivity contribution in [3.63, 3.8) is 0 Å². The molecular weight excluding hydrogens is 1060 g/mol. The highest BCUT2D eigenvalue weighted by molar-refractivity contribution is 5.89. The molecule has 0 unspecified atom stereocenters. The molecule has 35 heteroatoms. The largest absolute Gasteiger partial charge is 0.394 e. The van der Waals surface area contributed by atoms with Crippen LogP contribution in [0.1, 0.15) is 0 Å². The smallest absolute Gasteiger partial charge is 0.221 e. The number of carbonyl (C=O) groups excluding carboxylic acids is 4. The van der Waals surface area contributed by atoms with Crippen LogP contribution in [-0.4, -0.2) is 347 Å². The molecule has 0 aromatic carbocycles. The third-order valence-corrected chi connectivity index (χ3v) is 14.2. The second kappa shape index (κ2) is 25.3. The third kappa shape index (κ3) is 11.6. The van der Waals surface area contributed by atoms with Gasteiger partial charge in [-0.05, 0) is 0 Å². The zero-order chi connectivity index (χ0) is 56.1. The molecule has 0 radical (unpaired) electrons. The zero-order valence-corrected chi connectivity index (χ0v) is 39.8. The maximum atomic E-state index is 13.6. The molecule has 35 nitrogen and oxygen atoms in total.